The second-order valence-electron chi connectivity index (χ2n) is 2.74. The number of alkyl halides is 2. The number of nitro groups is 1. The first-order valence-electron chi connectivity index (χ1n) is 3.86. The van der Waals surface area contributed by atoms with Gasteiger partial charge in [-0.2, -0.15) is 0 Å². The van der Waals surface area contributed by atoms with Crippen LogP contribution in [0.3, 0.4) is 0 Å². The summed E-state index contributed by atoms with van der Waals surface area (Å²) in [6, 6.07) is 0.738. The Kier molecular flexibility index (Phi) is 3.03. The number of aldehydes is 1. The fraction of sp³-hybridized carbons (Fsp3) is 0.250. The van der Waals surface area contributed by atoms with Gasteiger partial charge in [-0.3, -0.25) is 4.79 Å². The van der Waals surface area contributed by atoms with Gasteiger partial charge >= 0.3 is 5.82 Å². The maximum atomic E-state index is 12.4. The van der Waals surface area contributed by atoms with Crippen molar-refractivity contribution in [3.8, 4) is 0 Å². The molecule has 0 bridgehead atoms. The second kappa shape index (κ2) is 4.07. The molecule has 80 valence electrons. The van der Waals surface area contributed by atoms with E-state index in [1.807, 2.05) is 0 Å². The molecule has 7 heteroatoms. The van der Waals surface area contributed by atoms with E-state index in [2.05, 4.69) is 4.98 Å². The van der Waals surface area contributed by atoms with E-state index in [9.17, 15) is 23.7 Å². The van der Waals surface area contributed by atoms with Gasteiger partial charge in [0.25, 0.3) is 6.43 Å². The van der Waals surface area contributed by atoms with Crippen LogP contribution in [-0.2, 0) is 0 Å². The summed E-state index contributed by atoms with van der Waals surface area (Å²) in [6.45, 7) is 1.20. The van der Waals surface area contributed by atoms with Crippen LogP contribution in [0.5, 0.6) is 0 Å². The zero-order valence-corrected chi connectivity index (χ0v) is 7.61. The number of nitrogens with zero attached hydrogens (tertiary/aromatic N) is 2. The minimum absolute atomic E-state index is 0.156. The summed E-state index contributed by atoms with van der Waals surface area (Å²) >= 11 is 0. The van der Waals surface area contributed by atoms with Crippen molar-refractivity contribution in [2.24, 2.45) is 0 Å². The van der Waals surface area contributed by atoms with Gasteiger partial charge in [-0.25, -0.2) is 8.78 Å². The van der Waals surface area contributed by atoms with E-state index < -0.39 is 28.3 Å². The number of pyridine rings is 1. The highest BCUT2D eigenvalue weighted by atomic mass is 19.3. The summed E-state index contributed by atoms with van der Waals surface area (Å²) in [5, 5.41) is 10.3. The third-order valence-corrected chi connectivity index (χ3v) is 1.80. The monoisotopic (exact) mass is 216 g/mol. The fourth-order valence-electron chi connectivity index (χ4n) is 1.16. The summed E-state index contributed by atoms with van der Waals surface area (Å²) in [6.07, 6.45) is -2.72. The fourth-order valence-corrected chi connectivity index (χ4v) is 1.16. The maximum Gasteiger partial charge on any atom is 0.364 e. The molecule has 0 unspecified atom stereocenters. The van der Waals surface area contributed by atoms with Gasteiger partial charge in [-0.05, 0) is 9.91 Å². The van der Waals surface area contributed by atoms with Gasteiger partial charge in [0, 0.05) is 18.6 Å². The molecular weight excluding hydrogens is 210 g/mol. The lowest BCUT2D eigenvalue weighted by Crippen LogP contribution is -2.03. The van der Waals surface area contributed by atoms with Crippen molar-refractivity contribution in [2.75, 3.05) is 0 Å². The van der Waals surface area contributed by atoms with E-state index in [4.69, 9.17) is 0 Å². The lowest BCUT2D eigenvalue weighted by Gasteiger charge is -2.03. The molecule has 15 heavy (non-hydrogen) atoms. The van der Waals surface area contributed by atoms with Crippen molar-refractivity contribution in [1.82, 2.24) is 4.98 Å². The van der Waals surface area contributed by atoms with Crippen molar-refractivity contribution in [3.05, 3.63) is 33.0 Å². The average Bonchev–Trinajstić information content (AvgIpc) is 2.15. The second-order valence-corrected chi connectivity index (χ2v) is 2.74. The molecule has 0 N–H and O–H groups in total. The van der Waals surface area contributed by atoms with Crippen LogP contribution >= 0.6 is 0 Å². The average molecular weight is 216 g/mol. The standard InChI is InChI=1S/C8H6F2N2O3/c1-4-7(8(9)10)5(3-13)2-6(11-4)12(14)15/h2-3,8H,1H3. The first-order chi connectivity index (χ1) is 6.97. The van der Waals surface area contributed by atoms with Gasteiger partial charge in [0.2, 0.25) is 0 Å². The highest BCUT2D eigenvalue weighted by Gasteiger charge is 2.23. The van der Waals surface area contributed by atoms with Gasteiger partial charge in [-0.1, -0.05) is 0 Å². The van der Waals surface area contributed by atoms with Crippen LogP contribution in [0.2, 0.25) is 0 Å². The first kappa shape index (κ1) is 11.2. The van der Waals surface area contributed by atoms with E-state index in [0.29, 0.717) is 0 Å². The number of hydrogen-bond donors (Lipinski definition) is 0. The van der Waals surface area contributed by atoms with Crippen LogP contribution in [0.25, 0.3) is 0 Å². The predicted molar refractivity (Wildman–Crippen MR) is 46.0 cm³/mol. The SMILES string of the molecule is Cc1nc([N+](=O)[O-])cc(C=O)c1C(F)F. The molecule has 1 heterocycles. The van der Waals surface area contributed by atoms with Crippen molar-refractivity contribution in [2.45, 2.75) is 13.3 Å². The number of carbonyl (C=O) groups is 1. The minimum Gasteiger partial charge on any atom is -0.358 e. The summed E-state index contributed by atoms with van der Waals surface area (Å²) < 4.78 is 24.9. The lowest BCUT2D eigenvalue weighted by molar-refractivity contribution is -0.389. The number of halogens is 2. The van der Waals surface area contributed by atoms with Crippen molar-refractivity contribution in [1.29, 1.82) is 0 Å². The number of carbonyl (C=O) groups excluding carboxylic acids is 1. The molecule has 0 saturated heterocycles. The Bertz CT molecular complexity index is 421. The van der Waals surface area contributed by atoms with Crippen LogP contribution in [0.15, 0.2) is 6.07 Å². The van der Waals surface area contributed by atoms with Crippen molar-refractivity contribution in [3.63, 3.8) is 0 Å². The Morgan fingerprint density at radius 2 is 2.20 bits per heavy atom. The molecule has 5 nitrogen and oxygen atoms in total. The molecule has 0 spiro atoms. The summed E-state index contributed by atoms with van der Waals surface area (Å²) in [5.41, 5.74) is -1.17. The van der Waals surface area contributed by atoms with Crippen LogP contribution in [0, 0.1) is 17.0 Å². The molecule has 1 aromatic heterocycles. The van der Waals surface area contributed by atoms with Gasteiger partial charge in [-0.15, -0.1) is 0 Å². The van der Waals surface area contributed by atoms with Crippen molar-refractivity contribution >= 4 is 12.1 Å². The van der Waals surface area contributed by atoms with Gasteiger partial charge in [0.05, 0.1) is 5.56 Å². The third-order valence-electron chi connectivity index (χ3n) is 1.80. The zero-order valence-electron chi connectivity index (χ0n) is 7.61. The smallest absolute Gasteiger partial charge is 0.358 e. The Labute approximate surface area is 82.9 Å². The Hall–Kier alpha value is -1.92. The molecule has 1 aromatic rings. The van der Waals surface area contributed by atoms with E-state index in [1.54, 1.807) is 0 Å². The van der Waals surface area contributed by atoms with Crippen LogP contribution in [0.1, 0.15) is 28.0 Å². The molecule has 0 amide bonds. The normalized spacial score (nSPS) is 10.4. The quantitative estimate of drug-likeness (QED) is 0.440. The summed E-state index contributed by atoms with van der Waals surface area (Å²) in [5.74, 6) is -0.612. The van der Waals surface area contributed by atoms with E-state index in [1.165, 1.54) is 6.92 Å². The molecule has 1 rings (SSSR count). The Morgan fingerprint density at radius 1 is 1.60 bits per heavy atom. The Morgan fingerprint density at radius 3 is 2.60 bits per heavy atom. The van der Waals surface area contributed by atoms with E-state index in [0.717, 1.165) is 6.07 Å². The van der Waals surface area contributed by atoms with Crippen LogP contribution in [-0.4, -0.2) is 16.2 Å². The summed E-state index contributed by atoms with van der Waals surface area (Å²) in [4.78, 5) is 23.3. The molecule has 0 aliphatic heterocycles. The number of hydrogen-bond acceptors (Lipinski definition) is 4. The molecule has 0 fully saturated rings. The molecule has 0 radical (unpaired) electrons. The third kappa shape index (κ3) is 2.12. The molecule has 0 aromatic carbocycles. The zero-order chi connectivity index (χ0) is 11.6. The number of aryl methyl sites for hydroxylation is 1. The topological polar surface area (TPSA) is 73.1 Å². The highest BCUT2D eigenvalue weighted by molar-refractivity contribution is 5.78. The molecular formula is C8H6F2N2O3. The maximum absolute atomic E-state index is 12.4. The number of rotatable bonds is 3. The largest absolute Gasteiger partial charge is 0.364 e. The predicted octanol–water partition coefficient (Wildman–Crippen LogP) is 2.05. The van der Waals surface area contributed by atoms with Gasteiger partial charge < -0.3 is 10.1 Å². The van der Waals surface area contributed by atoms with E-state index >= 15 is 0 Å². The molecule has 0 aliphatic carbocycles. The minimum atomic E-state index is -2.88. The highest BCUT2D eigenvalue weighted by Crippen LogP contribution is 2.26. The van der Waals surface area contributed by atoms with Crippen LogP contribution < -0.4 is 0 Å². The summed E-state index contributed by atoms with van der Waals surface area (Å²) in [7, 11) is 0. The molecule has 0 saturated carbocycles. The van der Waals surface area contributed by atoms with Gasteiger partial charge in [0.1, 0.15) is 0 Å². The van der Waals surface area contributed by atoms with E-state index in [-0.39, 0.29) is 12.0 Å². The van der Waals surface area contributed by atoms with Crippen LogP contribution in [0.4, 0.5) is 14.6 Å². The van der Waals surface area contributed by atoms with Gasteiger partial charge in [0.15, 0.2) is 12.0 Å². The first-order valence-corrected chi connectivity index (χ1v) is 3.86. The lowest BCUT2D eigenvalue weighted by atomic mass is 10.1. The molecule has 0 atom stereocenters. The Balaban J connectivity index is 3.43. The molecule has 0 aliphatic rings. The number of aromatic nitrogens is 1. The van der Waals surface area contributed by atoms with Crippen molar-refractivity contribution < 1.29 is 18.5 Å².